The predicted molar refractivity (Wildman–Crippen MR) is 62.8 cm³/mol. The van der Waals surface area contributed by atoms with E-state index in [0.717, 1.165) is 18.7 Å². The zero-order valence-corrected chi connectivity index (χ0v) is 9.72. The molecule has 1 unspecified atom stereocenters. The Morgan fingerprint density at radius 3 is 2.88 bits per heavy atom. The van der Waals surface area contributed by atoms with Crippen molar-refractivity contribution in [3.05, 3.63) is 35.6 Å². The van der Waals surface area contributed by atoms with Crippen molar-refractivity contribution in [1.82, 2.24) is 16.0 Å². The minimum atomic E-state index is -0.716. The highest BCUT2D eigenvalue weighted by Gasteiger charge is 2.34. The molecule has 5 heteroatoms. The molecule has 0 aliphatic carbocycles. The Balaban J connectivity index is 2.35. The molecular weight excluding hydrogens is 221 g/mol. The number of carbonyl (C=O) groups is 1. The van der Waals surface area contributed by atoms with Crippen molar-refractivity contribution in [2.75, 3.05) is 19.6 Å². The second kappa shape index (κ2) is 4.81. The van der Waals surface area contributed by atoms with E-state index in [9.17, 15) is 9.18 Å². The number of rotatable bonds is 2. The van der Waals surface area contributed by atoms with Crippen molar-refractivity contribution in [3.63, 3.8) is 0 Å². The summed E-state index contributed by atoms with van der Waals surface area (Å²) in [6, 6.07) is 6.28. The second-order valence-corrected chi connectivity index (χ2v) is 4.20. The van der Waals surface area contributed by atoms with E-state index in [-0.39, 0.29) is 11.7 Å². The van der Waals surface area contributed by atoms with Crippen LogP contribution >= 0.6 is 0 Å². The number of benzene rings is 1. The Labute approximate surface area is 99.6 Å². The molecule has 0 saturated carbocycles. The van der Waals surface area contributed by atoms with Gasteiger partial charge in [0.25, 0.3) is 0 Å². The Hall–Kier alpha value is -1.46. The molecule has 1 aliphatic rings. The van der Waals surface area contributed by atoms with Crippen molar-refractivity contribution in [2.45, 2.75) is 12.6 Å². The summed E-state index contributed by atoms with van der Waals surface area (Å²) in [6.07, 6.45) is 0. The fraction of sp³-hybridized carbons (Fsp3) is 0.417. The van der Waals surface area contributed by atoms with Gasteiger partial charge >= 0.3 is 0 Å². The third-order valence-electron chi connectivity index (χ3n) is 2.83. The minimum absolute atomic E-state index is 0.148. The van der Waals surface area contributed by atoms with Crippen molar-refractivity contribution >= 4 is 5.91 Å². The van der Waals surface area contributed by atoms with Gasteiger partial charge < -0.3 is 10.6 Å². The van der Waals surface area contributed by atoms with E-state index in [1.807, 2.05) is 0 Å². The highest BCUT2D eigenvalue weighted by atomic mass is 19.1. The summed E-state index contributed by atoms with van der Waals surface area (Å²) in [7, 11) is 0. The molecule has 1 amide bonds. The molecule has 3 N–H and O–H groups in total. The Kier molecular flexibility index (Phi) is 3.40. The van der Waals surface area contributed by atoms with Crippen LogP contribution in [-0.4, -0.2) is 25.5 Å². The molecule has 0 spiro atoms. The predicted octanol–water partition coefficient (Wildman–Crippen LogP) is 0.307. The summed E-state index contributed by atoms with van der Waals surface area (Å²) >= 11 is 0. The van der Waals surface area contributed by atoms with E-state index in [4.69, 9.17) is 0 Å². The van der Waals surface area contributed by atoms with Crippen LogP contribution < -0.4 is 16.0 Å². The van der Waals surface area contributed by atoms with Crippen molar-refractivity contribution in [2.24, 2.45) is 0 Å². The summed E-state index contributed by atoms with van der Waals surface area (Å²) in [5.41, 5.74) is 0.00604. The van der Waals surface area contributed by atoms with Gasteiger partial charge in [-0.2, -0.15) is 0 Å². The molecule has 1 saturated heterocycles. The van der Waals surface area contributed by atoms with Crippen LogP contribution in [0.4, 0.5) is 4.39 Å². The number of piperazine rings is 1. The van der Waals surface area contributed by atoms with Crippen molar-refractivity contribution in [1.29, 1.82) is 0 Å². The van der Waals surface area contributed by atoms with Gasteiger partial charge in [0.2, 0.25) is 5.91 Å². The number of hydrogen-bond acceptors (Lipinski definition) is 3. The van der Waals surface area contributed by atoms with Crippen LogP contribution in [0.1, 0.15) is 12.5 Å². The fourth-order valence-electron chi connectivity index (χ4n) is 2.12. The molecule has 92 valence electrons. The number of carbonyl (C=O) groups excluding carboxylic acids is 1. The molecule has 0 radical (unpaired) electrons. The zero-order chi connectivity index (χ0) is 12.3. The summed E-state index contributed by atoms with van der Waals surface area (Å²) in [4.78, 5) is 11.3. The highest BCUT2D eigenvalue weighted by Crippen LogP contribution is 2.20. The first-order valence-electron chi connectivity index (χ1n) is 5.63. The molecule has 4 nitrogen and oxygen atoms in total. The summed E-state index contributed by atoms with van der Waals surface area (Å²) in [5.74, 6) is -0.454. The van der Waals surface area contributed by atoms with Gasteiger partial charge in [0.05, 0.1) is 0 Å². The molecule has 1 aliphatic heterocycles. The molecule has 1 atom stereocenters. The maximum atomic E-state index is 13.3. The van der Waals surface area contributed by atoms with Gasteiger partial charge in [0.15, 0.2) is 0 Å². The molecule has 1 aromatic rings. The third-order valence-corrected chi connectivity index (χ3v) is 2.83. The van der Waals surface area contributed by atoms with E-state index in [0.29, 0.717) is 6.54 Å². The number of hydrogen-bond donors (Lipinski definition) is 3. The van der Waals surface area contributed by atoms with Gasteiger partial charge in [0, 0.05) is 26.6 Å². The Bertz CT molecular complexity index is 416. The van der Waals surface area contributed by atoms with E-state index < -0.39 is 5.66 Å². The van der Waals surface area contributed by atoms with Gasteiger partial charge in [0.1, 0.15) is 11.5 Å². The van der Waals surface area contributed by atoms with Gasteiger partial charge in [-0.05, 0) is 17.7 Å². The molecule has 2 rings (SSSR count). The maximum Gasteiger partial charge on any atom is 0.218 e. The Morgan fingerprint density at radius 1 is 1.47 bits per heavy atom. The van der Waals surface area contributed by atoms with Crippen molar-refractivity contribution in [3.8, 4) is 0 Å². The lowest BCUT2D eigenvalue weighted by atomic mass is 9.97. The summed E-state index contributed by atoms with van der Waals surface area (Å²) in [6.45, 7) is 3.54. The average molecular weight is 237 g/mol. The molecule has 1 heterocycles. The van der Waals surface area contributed by atoms with Gasteiger partial charge in [-0.1, -0.05) is 12.1 Å². The molecule has 17 heavy (non-hydrogen) atoms. The quantitative estimate of drug-likeness (QED) is 0.694. The first kappa shape index (κ1) is 12.0. The van der Waals surface area contributed by atoms with E-state index in [2.05, 4.69) is 16.0 Å². The standard InChI is InChI=1S/C12H16FN3O/c1-9(17)16-12(8-14-5-6-15-12)10-3-2-4-11(13)7-10/h2-4,7,14-15H,5-6,8H2,1H3,(H,16,17). The van der Waals surface area contributed by atoms with Gasteiger partial charge in [-0.3, -0.25) is 10.1 Å². The monoisotopic (exact) mass is 237 g/mol. The summed E-state index contributed by atoms with van der Waals surface area (Å²) < 4.78 is 13.3. The van der Waals surface area contributed by atoms with E-state index in [1.54, 1.807) is 12.1 Å². The van der Waals surface area contributed by atoms with Crippen LogP contribution in [0.25, 0.3) is 0 Å². The first-order valence-corrected chi connectivity index (χ1v) is 5.63. The van der Waals surface area contributed by atoms with Crippen LogP contribution in [0.15, 0.2) is 24.3 Å². The van der Waals surface area contributed by atoms with Crippen LogP contribution in [-0.2, 0) is 10.5 Å². The molecule has 1 aromatic carbocycles. The maximum absolute atomic E-state index is 13.3. The third kappa shape index (κ3) is 2.62. The fourth-order valence-corrected chi connectivity index (χ4v) is 2.12. The molecule has 1 fully saturated rings. The lowest BCUT2D eigenvalue weighted by Crippen LogP contribution is -2.65. The van der Waals surface area contributed by atoms with Crippen LogP contribution in [0.3, 0.4) is 0 Å². The lowest BCUT2D eigenvalue weighted by molar-refractivity contribution is -0.121. The van der Waals surface area contributed by atoms with E-state index >= 15 is 0 Å². The van der Waals surface area contributed by atoms with Crippen molar-refractivity contribution < 1.29 is 9.18 Å². The first-order chi connectivity index (χ1) is 8.12. The number of halogens is 1. The minimum Gasteiger partial charge on any atom is -0.333 e. The normalized spacial score (nSPS) is 24.4. The lowest BCUT2D eigenvalue weighted by Gasteiger charge is -2.39. The van der Waals surface area contributed by atoms with Gasteiger partial charge in [-0.25, -0.2) is 4.39 Å². The molecule has 0 aromatic heterocycles. The highest BCUT2D eigenvalue weighted by molar-refractivity contribution is 5.74. The number of nitrogens with one attached hydrogen (secondary N) is 3. The summed E-state index contributed by atoms with van der Waals surface area (Å²) in [5, 5.41) is 9.31. The smallest absolute Gasteiger partial charge is 0.218 e. The second-order valence-electron chi connectivity index (χ2n) is 4.20. The SMILES string of the molecule is CC(=O)NC1(c2cccc(F)c2)CNCCN1. The van der Waals surface area contributed by atoms with E-state index in [1.165, 1.54) is 19.1 Å². The topological polar surface area (TPSA) is 53.2 Å². The molecule has 0 bridgehead atoms. The number of amides is 1. The average Bonchev–Trinajstić information content (AvgIpc) is 2.29. The largest absolute Gasteiger partial charge is 0.333 e. The zero-order valence-electron chi connectivity index (χ0n) is 9.72. The van der Waals surface area contributed by atoms with Crippen LogP contribution in [0, 0.1) is 5.82 Å². The van der Waals surface area contributed by atoms with Gasteiger partial charge in [-0.15, -0.1) is 0 Å². The van der Waals surface area contributed by atoms with Crippen LogP contribution in [0.2, 0.25) is 0 Å². The van der Waals surface area contributed by atoms with Crippen LogP contribution in [0.5, 0.6) is 0 Å². The molecular formula is C12H16FN3O. The Morgan fingerprint density at radius 2 is 2.29 bits per heavy atom.